The lowest BCUT2D eigenvalue weighted by atomic mass is 10.0. The molecule has 0 fully saturated rings. The summed E-state index contributed by atoms with van der Waals surface area (Å²) in [4.78, 5) is 11.2. The van der Waals surface area contributed by atoms with Gasteiger partial charge in [0, 0.05) is 11.4 Å². The summed E-state index contributed by atoms with van der Waals surface area (Å²) in [5.41, 5.74) is 1.29. The average Bonchev–Trinajstić information content (AvgIpc) is 2.77. The first-order chi connectivity index (χ1) is 8.19. The molecule has 0 unspecified atom stereocenters. The fourth-order valence-electron chi connectivity index (χ4n) is 1.51. The zero-order chi connectivity index (χ0) is 12.3. The van der Waals surface area contributed by atoms with Crippen LogP contribution >= 0.6 is 11.3 Å². The number of carbonyl (C=O) groups excluding carboxylic acids is 1. The van der Waals surface area contributed by atoms with Crippen molar-refractivity contribution < 1.29 is 9.53 Å². The maximum absolute atomic E-state index is 10.5. The van der Waals surface area contributed by atoms with Crippen LogP contribution in [0.5, 0.6) is 11.5 Å². The van der Waals surface area contributed by atoms with Crippen molar-refractivity contribution in [1.29, 1.82) is 0 Å². The molecule has 3 heteroatoms. The van der Waals surface area contributed by atoms with Crippen LogP contribution < -0.4 is 4.74 Å². The van der Waals surface area contributed by atoms with E-state index in [-0.39, 0.29) is 0 Å². The van der Waals surface area contributed by atoms with Crippen LogP contribution in [0, 0.1) is 0 Å². The van der Waals surface area contributed by atoms with E-state index in [0.29, 0.717) is 10.8 Å². The Morgan fingerprint density at radius 1 is 1.18 bits per heavy atom. The second-order valence-electron chi connectivity index (χ2n) is 4.13. The van der Waals surface area contributed by atoms with Crippen molar-refractivity contribution in [2.45, 2.75) is 19.8 Å². The van der Waals surface area contributed by atoms with E-state index < -0.39 is 0 Å². The van der Waals surface area contributed by atoms with Crippen LogP contribution in [0.15, 0.2) is 35.7 Å². The molecular formula is C14H14O2S. The molecule has 0 spiro atoms. The SMILES string of the molecule is CC(C)c1ccc(Oc2csc(C=O)c2)cc1. The lowest BCUT2D eigenvalue weighted by Gasteiger charge is -2.07. The third kappa shape index (κ3) is 2.94. The quantitative estimate of drug-likeness (QED) is 0.744. The second-order valence-corrected chi connectivity index (χ2v) is 5.07. The van der Waals surface area contributed by atoms with Gasteiger partial charge in [-0.2, -0.15) is 0 Å². The highest BCUT2D eigenvalue weighted by Crippen LogP contribution is 2.27. The molecule has 1 aromatic heterocycles. The van der Waals surface area contributed by atoms with Crippen molar-refractivity contribution in [2.75, 3.05) is 0 Å². The van der Waals surface area contributed by atoms with E-state index in [1.807, 2.05) is 17.5 Å². The number of ether oxygens (including phenoxy) is 1. The molecule has 1 aromatic carbocycles. The van der Waals surface area contributed by atoms with Crippen LogP contribution in [0.3, 0.4) is 0 Å². The van der Waals surface area contributed by atoms with Gasteiger partial charge in [-0.3, -0.25) is 4.79 Å². The van der Waals surface area contributed by atoms with E-state index in [4.69, 9.17) is 4.74 Å². The van der Waals surface area contributed by atoms with Gasteiger partial charge in [0.1, 0.15) is 11.5 Å². The van der Waals surface area contributed by atoms with Crippen LogP contribution in [0.1, 0.15) is 35.0 Å². The molecule has 0 radical (unpaired) electrons. The highest BCUT2D eigenvalue weighted by molar-refractivity contribution is 7.11. The molecule has 2 aromatic rings. The van der Waals surface area contributed by atoms with Gasteiger partial charge >= 0.3 is 0 Å². The number of aldehydes is 1. The Kier molecular flexibility index (Phi) is 3.59. The molecule has 2 nitrogen and oxygen atoms in total. The van der Waals surface area contributed by atoms with Crippen molar-refractivity contribution in [2.24, 2.45) is 0 Å². The monoisotopic (exact) mass is 246 g/mol. The Hall–Kier alpha value is -1.61. The number of hydrogen-bond donors (Lipinski definition) is 0. The van der Waals surface area contributed by atoms with E-state index in [9.17, 15) is 4.79 Å². The fourth-order valence-corrected chi connectivity index (χ4v) is 2.11. The third-order valence-corrected chi connectivity index (χ3v) is 3.33. The summed E-state index contributed by atoms with van der Waals surface area (Å²) in [6, 6.07) is 9.77. The highest BCUT2D eigenvalue weighted by Gasteiger charge is 2.03. The molecule has 0 atom stereocenters. The van der Waals surface area contributed by atoms with Gasteiger partial charge in [-0.15, -0.1) is 11.3 Å². The molecule has 0 aliphatic heterocycles. The molecule has 0 N–H and O–H groups in total. The Balaban J connectivity index is 2.10. The minimum Gasteiger partial charge on any atom is -0.456 e. The van der Waals surface area contributed by atoms with Crippen molar-refractivity contribution in [3.05, 3.63) is 46.2 Å². The van der Waals surface area contributed by atoms with Gasteiger partial charge in [-0.1, -0.05) is 26.0 Å². The van der Waals surface area contributed by atoms with Crippen LogP contribution in [-0.2, 0) is 0 Å². The molecule has 0 aliphatic carbocycles. The predicted molar refractivity (Wildman–Crippen MR) is 70.3 cm³/mol. The standard InChI is InChI=1S/C14H14O2S/c1-10(2)11-3-5-12(6-4-11)16-13-7-14(8-15)17-9-13/h3-10H,1-2H3. The molecule has 0 amide bonds. The number of thiophene rings is 1. The summed E-state index contributed by atoms with van der Waals surface area (Å²) < 4.78 is 5.65. The highest BCUT2D eigenvalue weighted by atomic mass is 32.1. The van der Waals surface area contributed by atoms with Crippen LogP contribution in [0.4, 0.5) is 0 Å². The van der Waals surface area contributed by atoms with E-state index in [1.165, 1.54) is 16.9 Å². The molecule has 17 heavy (non-hydrogen) atoms. The minimum absolute atomic E-state index is 0.520. The lowest BCUT2D eigenvalue weighted by molar-refractivity contribution is 0.112. The zero-order valence-electron chi connectivity index (χ0n) is 9.84. The first-order valence-electron chi connectivity index (χ1n) is 5.50. The minimum atomic E-state index is 0.520. The maximum Gasteiger partial charge on any atom is 0.160 e. The molecule has 2 rings (SSSR count). The van der Waals surface area contributed by atoms with Crippen molar-refractivity contribution in [1.82, 2.24) is 0 Å². The first-order valence-corrected chi connectivity index (χ1v) is 6.38. The summed E-state index contributed by atoms with van der Waals surface area (Å²) in [5, 5.41) is 1.83. The smallest absolute Gasteiger partial charge is 0.160 e. The molecule has 0 saturated heterocycles. The molecule has 0 aliphatic rings. The molecule has 88 valence electrons. The topological polar surface area (TPSA) is 26.3 Å². The van der Waals surface area contributed by atoms with Crippen LogP contribution in [0.25, 0.3) is 0 Å². The van der Waals surface area contributed by atoms with Crippen molar-refractivity contribution >= 4 is 17.6 Å². The summed E-state index contributed by atoms with van der Waals surface area (Å²) in [5.74, 6) is 2.03. The third-order valence-electron chi connectivity index (χ3n) is 2.49. The largest absolute Gasteiger partial charge is 0.456 e. The second kappa shape index (κ2) is 5.15. The number of hydrogen-bond acceptors (Lipinski definition) is 3. The van der Waals surface area contributed by atoms with Crippen LogP contribution in [0.2, 0.25) is 0 Å². The van der Waals surface area contributed by atoms with E-state index in [2.05, 4.69) is 26.0 Å². The summed E-state index contributed by atoms with van der Waals surface area (Å²) in [6.07, 6.45) is 0.833. The predicted octanol–water partition coefficient (Wildman–Crippen LogP) is 4.48. The van der Waals surface area contributed by atoms with Gasteiger partial charge in [0.15, 0.2) is 6.29 Å². The van der Waals surface area contributed by atoms with Gasteiger partial charge in [-0.05, 0) is 23.6 Å². The summed E-state index contributed by atoms with van der Waals surface area (Å²) in [7, 11) is 0. The van der Waals surface area contributed by atoms with Gasteiger partial charge in [0.25, 0.3) is 0 Å². The van der Waals surface area contributed by atoms with Crippen LogP contribution in [-0.4, -0.2) is 6.29 Å². The number of carbonyl (C=O) groups is 1. The number of rotatable bonds is 4. The first kappa shape index (κ1) is 11.9. The average molecular weight is 246 g/mol. The number of benzene rings is 1. The Morgan fingerprint density at radius 3 is 2.41 bits per heavy atom. The normalized spacial score (nSPS) is 10.5. The van der Waals surface area contributed by atoms with Gasteiger partial charge in [0.2, 0.25) is 0 Å². The molecule has 1 heterocycles. The molecular weight excluding hydrogens is 232 g/mol. The molecule has 0 bridgehead atoms. The van der Waals surface area contributed by atoms with E-state index in [0.717, 1.165) is 17.8 Å². The van der Waals surface area contributed by atoms with E-state index >= 15 is 0 Å². The summed E-state index contributed by atoms with van der Waals surface area (Å²) >= 11 is 1.38. The van der Waals surface area contributed by atoms with Crippen molar-refractivity contribution in [3.63, 3.8) is 0 Å². The van der Waals surface area contributed by atoms with Crippen molar-refractivity contribution in [3.8, 4) is 11.5 Å². The maximum atomic E-state index is 10.5. The fraction of sp³-hybridized carbons (Fsp3) is 0.214. The van der Waals surface area contributed by atoms with E-state index in [1.54, 1.807) is 6.07 Å². The van der Waals surface area contributed by atoms with Gasteiger partial charge in [0.05, 0.1) is 4.88 Å². The Morgan fingerprint density at radius 2 is 1.88 bits per heavy atom. The Bertz CT molecular complexity index is 497. The van der Waals surface area contributed by atoms with Gasteiger partial charge in [-0.25, -0.2) is 0 Å². The molecule has 0 saturated carbocycles. The zero-order valence-corrected chi connectivity index (χ0v) is 10.7. The lowest BCUT2D eigenvalue weighted by Crippen LogP contribution is -1.87. The Labute approximate surface area is 105 Å². The van der Waals surface area contributed by atoms with Gasteiger partial charge < -0.3 is 4.74 Å². The summed E-state index contributed by atoms with van der Waals surface area (Å²) in [6.45, 7) is 4.32.